The molecule has 0 aromatic carbocycles. The van der Waals surface area contributed by atoms with Gasteiger partial charge in [0.25, 0.3) is 6.11 Å². The van der Waals surface area contributed by atoms with Gasteiger partial charge in [0.05, 0.1) is 26.7 Å². The van der Waals surface area contributed by atoms with Gasteiger partial charge >= 0.3 is 12.1 Å². The molecule has 0 bridgehead atoms. The molecule has 0 spiro atoms. The monoisotopic (exact) mass is 343 g/mol. The number of quaternary nitrogens is 1. The van der Waals surface area contributed by atoms with Crippen LogP contribution in [0.1, 0.15) is 40.0 Å². The molecule has 0 aliphatic heterocycles. The maximum absolute atomic E-state index is 11.2. The van der Waals surface area contributed by atoms with Crippen LogP contribution in [0.5, 0.6) is 0 Å². The predicted molar refractivity (Wildman–Crippen MR) is 67.6 cm³/mol. The molecule has 9 heteroatoms. The molecule has 22 heavy (non-hydrogen) atoms. The molecule has 0 unspecified atom stereocenters. The molecule has 0 fully saturated rings. The van der Waals surface area contributed by atoms with Gasteiger partial charge in [0.15, 0.2) is 0 Å². The molecule has 0 aromatic heterocycles. The molecule has 0 radical (unpaired) electrons. The van der Waals surface area contributed by atoms with Crippen molar-refractivity contribution in [2.24, 2.45) is 0 Å². The van der Waals surface area contributed by atoms with Crippen molar-refractivity contribution in [2.45, 2.75) is 58.2 Å². The number of nitrogens with zero attached hydrogens (tertiary/aromatic N) is 1. The normalized spacial score (nSPS) is 13.6. The Morgan fingerprint density at radius 3 is 1.09 bits per heavy atom. The first-order chi connectivity index (χ1) is 9.68. The summed E-state index contributed by atoms with van der Waals surface area (Å²) in [5.74, 6) is -6.51. The van der Waals surface area contributed by atoms with Crippen LogP contribution < -0.4 is 5.11 Å². The van der Waals surface area contributed by atoms with Gasteiger partial charge in [-0.3, -0.25) is 0 Å². The Hall–Kier alpha value is -0.570. The van der Waals surface area contributed by atoms with Gasteiger partial charge in [-0.25, -0.2) is 8.78 Å². The Labute approximate surface area is 126 Å². The molecular weight excluding hydrogens is 319 g/mol. The van der Waals surface area contributed by atoms with E-state index in [4.69, 9.17) is 5.11 Å². The maximum Gasteiger partial charge on any atom is 0.458 e. The summed E-state index contributed by atoms with van der Waals surface area (Å²) in [4.78, 5) is 0. The Balaban J connectivity index is 0. The second kappa shape index (κ2) is 8.90. The van der Waals surface area contributed by atoms with E-state index >= 15 is 0 Å². The van der Waals surface area contributed by atoms with Gasteiger partial charge in [0, 0.05) is 0 Å². The van der Waals surface area contributed by atoms with E-state index in [-0.39, 0.29) is 0 Å². The Morgan fingerprint density at radius 2 is 1.00 bits per heavy atom. The number of alkyl halides is 7. The Morgan fingerprint density at radius 1 is 0.727 bits per heavy atom. The van der Waals surface area contributed by atoms with Crippen LogP contribution in [0.3, 0.4) is 0 Å². The number of hydrogen-bond acceptors (Lipinski definition) is 1. The fourth-order valence-corrected chi connectivity index (χ4v) is 2.12. The minimum Gasteiger partial charge on any atom is -0.793 e. The lowest BCUT2D eigenvalue weighted by molar-refractivity contribution is -0.909. The van der Waals surface area contributed by atoms with Gasteiger partial charge in [-0.15, -0.1) is 0 Å². The smallest absolute Gasteiger partial charge is 0.458 e. The zero-order chi connectivity index (χ0) is 18.2. The Bertz CT molecular complexity index is 267. The van der Waals surface area contributed by atoms with Gasteiger partial charge in [0.2, 0.25) is 0 Å². The molecule has 136 valence electrons. The van der Waals surface area contributed by atoms with Gasteiger partial charge in [-0.1, -0.05) is 20.8 Å². The van der Waals surface area contributed by atoms with Gasteiger partial charge < -0.3 is 9.59 Å². The number of hydrogen-bond donors (Lipinski definition) is 0. The highest BCUT2D eigenvalue weighted by atomic mass is 19.4. The topological polar surface area (TPSA) is 23.1 Å². The van der Waals surface area contributed by atoms with Crippen molar-refractivity contribution in [1.29, 1.82) is 0 Å². The van der Waals surface area contributed by atoms with Gasteiger partial charge in [-0.05, 0) is 19.3 Å². The molecule has 0 atom stereocenters. The molecule has 0 amide bonds. The molecule has 2 nitrogen and oxygen atoms in total. The third kappa shape index (κ3) is 7.62. The second-order valence-corrected chi connectivity index (χ2v) is 5.38. The number of rotatable bonds is 7. The van der Waals surface area contributed by atoms with E-state index in [0.717, 1.165) is 0 Å². The first-order valence-corrected chi connectivity index (χ1v) is 7.04. The maximum atomic E-state index is 11.2. The van der Waals surface area contributed by atoms with Crippen molar-refractivity contribution in [3.63, 3.8) is 0 Å². The zero-order valence-corrected chi connectivity index (χ0v) is 13.2. The molecule has 0 saturated carbocycles. The highest BCUT2D eigenvalue weighted by Crippen LogP contribution is 2.43. The molecular formula is C13H24F7NO. The van der Waals surface area contributed by atoms with Crippen molar-refractivity contribution in [3.05, 3.63) is 0 Å². The zero-order valence-electron chi connectivity index (χ0n) is 13.2. The summed E-state index contributed by atoms with van der Waals surface area (Å²) in [6, 6.07) is 0. The standard InChI is InChI=1S/C10H24N.C3F7O/c1-5-8-11(4,9-6-2)10-7-3;4-1(5,2(6,7)8)3(9,10)11/h5-10H2,1-4H3;/q+1;-1. The van der Waals surface area contributed by atoms with Crippen LogP contribution in [0.2, 0.25) is 0 Å². The minimum atomic E-state index is -6.52. The number of halogens is 7. The van der Waals surface area contributed by atoms with Crippen LogP contribution in [0, 0.1) is 0 Å². The van der Waals surface area contributed by atoms with Crippen molar-refractivity contribution < 1.29 is 40.3 Å². The van der Waals surface area contributed by atoms with E-state index in [2.05, 4.69) is 27.8 Å². The molecule has 0 N–H and O–H groups in total. The van der Waals surface area contributed by atoms with Crippen LogP contribution in [0.15, 0.2) is 0 Å². The average Bonchev–Trinajstić information content (AvgIpc) is 2.27. The van der Waals surface area contributed by atoms with Crippen molar-refractivity contribution in [2.75, 3.05) is 26.7 Å². The van der Waals surface area contributed by atoms with Crippen molar-refractivity contribution in [1.82, 2.24) is 0 Å². The minimum absolute atomic E-state index is 1.28. The quantitative estimate of drug-likeness (QED) is 0.509. The van der Waals surface area contributed by atoms with E-state index in [0.29, 0.717) is 0 Å². The van der Waals surface area contributed by atoms with E-state index in [1.54, 1.807) is 0 Å². The van der Waals surface area contributed by atoms with Crippen LogP contribution >= 0.6 is 0 Å². The first kappa shape index (κ1) is 23.7. The summed E-state index contributed by atoms with van der Waals surface area (Å²) >= 11 is 0. The largest absolute Gasteiger partial charge is 0.793 e. The SMILES string of the molecule is CCC[N+](C)(CCC)CCC.[O-]C(F)(F)C(F)(F)C(F)(F)F. The lowest BCUT2D eigenvalue weighted by atomic mass is 10.2. The third-order valence-corrected chi connectivity index (χ3v) is 3.01. The highest BCUT2D eigenvalue weighted by Gasteiger charge is 2.67. The highest BCUT2D eigenvalue weighted by molar-refractivity contribution is 4.81. The van der Waals surface area contributed by atoms with E-state index in [1.165, 1.54) is 43.4 Å². The average molecular weight is 343 g/mol. The van der Waals surface area contributed by atoms with Crippen molar-refractivity contribution in [3.8, 4) is 0 Å². The van der Waals surface area contributed by atoms with Crippen LogP contribution in [0.25, 0.3) is 0 Å². The molecule has 0 rings (SSSR count). The van der Waals surface area contributed by atoms with Crippen molar-refractivity contribution >= 4 is 0 Å². The predicted octanol–water partition coefficient (Wildman–Crippen LogP) is 3.80. The van der Waals surface area contributed by atoms with Crippen LogP contribution in [-0.2, 0) is 0 Å². The summed E-state index contributed by atoms with van der Waals surface area (Å²) < 4.78 is 78.4. The van der Waals surface area contributed by atoms with Crippen LogP contribution in [0.4, 0.5) is 30.7 Å². The fourth-order valence-electron chi connectivity index (χ4n) is 2.12. The van der Waals surface area contributed by atoms with E-state index in [9.17, 15) is 30.7 Å². The molecule has 0 aliphatic carbocycles. The van der Waals surface area contributed by atoms with Gasteiger partial charge in [0.1, 0.15) is 0 Å². The summed E-state index contributed by atoms with van der Waals surface area (Å²) in [5, 5.41) is 8.97. The van der Waals surface area contributed by atoms with Gasteiger partial charge in [-0.2, -0.15) is 22.0 Å². The summed E-state index contributed by atoms with van der Waals surface area (Å²) in [5.41, 5.74) is 0. The summed E-state index contributed by atoms with van der Waals surface area (Å²) in [6.45, 7) is 10.9. The van der Waals surface area contributed by atoms with E-state index in [1.807, 2.05) is 0 Å². The summed E-state index contributed by atoms with van der Waals surface area (Å²) in [6.07, 6.45) is -8.90. The molecule has 0 aliphatic rings. The third-order valence-electron chi connectivity index (χ3n) is 3.01. The van der Waals surface area contributed by atoms with Crippen LogP contribution in [-0.4, -0.2) is 49.4 Å². The van der Waals surface area contributed by atoms with E-state index < -0.39 is 18.2 Å². The first-order valence-electron chi connectivity index (χ1n) is 7.04. The molecule has 0 heterocycles. The lowest BCUT2D eigenvalue weighted by Gasteiger charge is -2.33. The summed E-state index contributed by atoms with van der Waals surface area (Å²) in [7, 11) is 2.39. The Kier molecular flexibility index (Phi) is 9.59. The molecule has 0 saturated heterocycles. The fraction of sp³-hybridized carbons (Fsp3) is 1.00. The lowest BCUT2D eigenvalue weighted by Crippen LogP contribution is -2.59. The second-order valence-electron chi connectivity index (χ2n) is 5.38. The molecule has 0 aromatic rings.